The number of carbonyl (C=O) groups excluding carboxylic acids is 1. The Hall–Kier alpha value is -3.19. The standard InChI is InChI=1S/C23H21FN2O3S/c1-28-21-6-3-2-5-19(21)20-13-18(29-25-20)15-26(23(27)22-7-4-12-30-22)14-16-8-10-17(24)11-9-16/h2-12,18H,13-15H2,1H3/t18-/m1/s1. The molecule has 7 heteroatoms. The maximum atomic E-state index is 13.3. The first-order valence-corrected chi connectivity index (χ1v) is 10.5. The summed E-state index contributed by atoms with van der Waals surface area (Å²) in [4.78, 5) is 21.1. The number of para-hydroxylation sites is 1. The van der Waals surface area contributed by atoms with Gasteiger partial charge in [0.05, 0.1) is 24.2 Å². The third kappa shape index (κ3) is 4.52. The number of thiophene rings is 1. The van der Waals surface area contributed by atoms with E-state index in [0.29, 0.717) is 24.4 Å². The lowest BCUT2D eigenvalue weighted by Gasteiger charge is -2.24. The van der Waals surface area contributed by atoms with Crippen molar-refractivity contribution in [3.05, 3.63) is 87.9 Å². The molecule has 0 N–H and O–H groups in total. The van der Waals surface area contributed by atoms with Gasteiger partial charge in [-0.15, -0.1) is 11.3 Å². The van der Waals surface area contributed by atoms with E-state index in [1.807, 2.05) is 35.7 Å². The van der Waals surface area contributed by atoms with E-state index < -0.39 is 0 Å². The van der Waals surface area contributed by atoms with Gasteiger partial charge in [0, 0.05) is 18.5 Å². The third-order valence-corrected chi connectivity index (χ3v) is 5.74. The fourth-order valence-electron chi connectivity index (χ4n) is 3.40. The Morgan fingerprint density at radius 1 is 1.20 bits per heavy atom. The quantitative estimate of drug-likeness (QED) is 0.551. The summed E-state index contributed by atoms with van der Waals surface area (Å²) in [5.41, 5.74) is 2.53. The summed E-state index contributed by atoms with van der Waals surface area (Å²) < 4.78 is 18.7. The Labute approximate surface area is 178 Å². The van der Waals surface area contributed by atoms with Crippen LogP contribution in [-0.4, -0.2) is 36.3 Å². The Morgan fingerprint density at radius 2 is 2.00 bits per heavy atom. The maximum absolute atomic E-state index is 13.3. The SMILES string of the molecule is COc1ccccc1C1=NO[C@@H](CN(Cc2ccc(F)cc2)C(=O)c2cccs2)C1. The van der Waals surface area contributed by atoms with Crippen LogP contribution < -0.4 is 4.74 Å². The van der Waals surface area contributed by atoms with Crippen molar-refractivity contribution in [3.8, 4) is 5.75 Å². The van der Waals surface area contributed by atoms with Gasteiger partial charge in [-0.2, -0.15) is 0 Å². The molecule has 5 nitrogen and oxygen atoms in total. The van der Waals surface area contributed by atoms with E-state index in [9.17, 15) is 9.18 Å². The summed E-state index contributed by atoms with van der Waals surface area (Å²) in [7, 11) is 1.62. The number of methoxy groups -OCH3 is 1. The minimum atomic E-state index is -0.302. The maximum Gasteiger partial charge on any atom is 0.264 e. The highest BCUT2D eigenvalue weighted by atomic mass is 32.1. The largest absolute Gasteiger partial charge is 0.496 e. The van der Waals surface area contributed by atoms with E-state index in [4.69, 9.17) is 9.57 Å². The van der Waals surface area contributed by atoms with Crippen molar-refractivity contribution < 1.29 is 18.8 Å². The monoisotopic (exact) mass is 424 g/mol. The molecule has 30 heavy (non-hydrogen) atoms. The topological polar surface area (TPSA) is 51.1 Å². The minimum Gasteiger partial charge on any atom is -0.496 e. The van der Waals surface area contributed by atoms with Crippen molar-refractivity contribution in [2.45, 2.75) is 19.1 Å². The van der Waals surface area contributed by atoms with E-state index in [0.717, 1.165) is 22.6 Å². The van der Waals surface area contributed by atoms with E-state index in [1.54, 1.807) is 30.2 Å². The van der Waals surface area contributed by atoms with Gasteiger partial charge in [0.25, 0.3) is 5.91 Å². The van der Waals surface area contributed by atoms with Crippen molar-refractivity contribution in [1.82, 2.24) is 4.90 Å². The molecule has 4 rings (SSSR count). The van der Waals surface area contributed by atoms with Crippen LogP contribution in [0.15, 0.2) is 71.2 Å². The van der Waals surface area contributed by atoms with Crippen LogP contribution in [0.5, 0.6) is 5.75 Å². The molecule has 1 aromatic heterocycles. The van der Waals surface area contributed by atoms with E-state index in [1.165, 1.54) is 23.5 Å². The lowest BCUT2D eigenvalue weighted by molar-refractivity contribution is 0.0408. The summed E-state index contributed by atoms with van der Waals surface area (Å²) in [5.74, 6) is 0.353. The van der Waals surface area contributed by atoms with Crippen LogP contribution in [0.2, 0.25) is 0 Å². The second kappa shape index (κ2) is 9.09. The lowest BCUT2D eigenvalue weighted by Crippen LogP contribution is -2.37. The summed E-state index contributed by atoms with van der Waals surface area (Å²) in [5, 5.41) is 6.11. The number of ether oxygens (including phenoxy) is 1. The smallest absolute Gasteiger partial charge is 0.264 e. The van der Waals surface area contributed by atoms with Crippen LogP contribution in [0.3, 0.4) is 0 Å². The molecular weight excluding hydrogens is 403 g/mol. The van der Waals surface area contributed by atoms with Crippen LogP contribution >= 0.6 is 11.3 Å². The van der Waals surface area contributed by atoms with E-state index >= 15 is 0 Å². The van der Waals surface area contributed by atoms with Gasteiger partial charge in [-0.05, 0) is 41.3 Å². The average Bonchev–Trinajstić information content (AvgIpc) is 3.47. The number of benzene rings is 2. The fraction of sp³-hybridized carbons (Fsp3) is 0.217. The zero-order valence-corrected chi connectivity index (χ0v) is 17.3. The molecule has 0 fully saturated rings. The normalized spacial score (nSPS) is 15.4. The second-order valence-corrected chi connectivity index (χ2v) is 7.91. The van der Waals surface area contributed by atoms with E-state index in [-0.39, 0.29) is 17.8 Å². The highest BCUT2D eigenvalue weighted by molar-refractivity contribution is 7.12. The molecule has 0 spiro atoms. The van der Waals surface area contributed by atoms with E-state index in [2.05, 4.69) is 5.16 Å². The van der Waals surface area contributed by atoms with Crippen LogP contribution in [0, 0.1) is 5.82 Å². The van der Waals surface area contributed by atoms with Crippen molar-refractivity contribution >= 4 is 23.0 Å². The molecule has 0 radical (unpaired) electrons. The summed E-state index contributed by atoms with van der Waals surface area (Å²) in [6.45, 7) is 0.733. The van der Waals surface area contributed by atoms with Gasteiger partial charge in [-0.1, -0.05) is 35.5 Å². The zero-order valence-electron chi connectivity index (χ0n) is 16.5. The van der Waals surface area contributed by atoms with Gasteiger partial charge >= 0.3 is 0 Å². The van der Waals surface area contributed by atoms with Gasteiger partial charge in [-0.3, -0.25) is 4.79 Å². The predicted octanol–water partition coefficient (Wildman–Crippen LogP) is 4.73. The fourth-order valence-corrected chi connectivity index (χ4v) is 4.09. The Balaban J connectivity index is 1.49. The zero-order chi connectivity index (χ0) is 20.9. The first-order valence-electron chi connectivity index (χ1n) is 9.57. The predicted molar refractivity (Wildman–Crippen MR) is 114 cm³/mol. The number of hydrogen-bond donors (Lipinski definition) is 0. The first kappa shape index (κ1) is 20.1. The van der Waals surface area contributed by atoms with Gasteiger partial charge in [0.15, 0.2) is 6.10 Å². The van der Waals surface area contributed by atoms with Gasteiger partial charge in [-0.25, -0.2) is 4.39 Å². The minimum absolute atomic E-state index is 0.0799. The third-order valence-electron chi connectivity index (χ3n) is 4.88. The lowest BCUT2D eigenvalue weighted by atomic mass is 10.0. The van der Waals surface area contributed by atoms with Crippen molar-refractivity contribution in [2.75, 3.05) is 13.7 Å². The van der Waals surface area contributed by atoms with Gasteiger partial charge < -0.3 is 14.5 Å². The number of halogens is 1. The molecule has 154 valence electrons. The molecule has 3 aromatic rings. The number of oxime groups is 1. The van der Waals surface area contributed by atoms with Gasteiger partial charge in [0.1, 0.15) is 11.6 Å². The summed E-state index contributed by atoms with van der Waals surface area (Å²) in [6, 6.07) is 17.5. The molecule has 2 aromatic carbocycles. The molecule has 1 aliphatic rings. The Kier molecular flexibility index (Phi) is 6.09. The molecule has 2 heterocycles. The van der Waals surface area contributed by atoms with Crippen LogP contribution in [0.25, 0.3) is 0 Å². The molecule has 0 unspecified atom stereocenters. The van der Waals surface area contributed by atoms with Crippen molar-refractivity contribution in [1.29, 1.82) is 0 Å². The molecule has 1 amide bonds. The van der Waals surface area contributed by atoms with Crippen LogP contribution in [-0.2, 0) is 11.4 Å². The Bertz CT molecular complexity index is 1030. The molecular formula is C23H21FN2O3S. The van der Waals surface area contributed by atoms with Crippen LogP contribution in [0.4, 0.5) is 4.39 Å². The average molecular weight is 424 g/mol. The first-order chi connectivity index (χ1) is 14.6. The van der Waals surface area contributed by atoms with Crippen molar-refractivity contribution in [3.63, 3.8) is 0 Å². The molecule has 0 saturated carbocycles. The number of hydrogen-bond acceptors (Lipinski definition) is 5. The van der Waals surface area contributed by atoms with Gasteiger partial charge in [0.2, 0.25) is 0 Å². The molecule has 0 bridgehead atoms. The molecule has 1 aliphatic heterocycles. The second-order valence-electron chi connectivity index (χ2n) is 6.96. The summed E-state index contributed by atoms with van der Waals surface area (Å²) in [6.07, 6.45) is 0.298. The number of rotatable bonds is 7. The molecule has 0 aliphatic carbocycles. The Morgan fingerprint density at radius 3 is 2.73 bits per heavy atom. The highest BCUT2D eigenvalue weighted by Crippen LogP contribution is 2.26. The number of amides is 1. The molecule has 1 atom stereocenters. The molecule has 0 saturated heterocycles. The highest BCUT2D eigenvalue weighted by Gasteiger charge is 2.28. The number of carbonyl (C=O) groups is 1. The summed E-state index contributed by atoms with van der Waals surface area (Å²) >= 11 is 1.40. The van der Waals surface area contributed by atoms with Crippen molar-refractivity contribution in [2.24, 2.45) is 5.16 Å². The van der Waals surface area contributed by atoms with Crippen LogP contribution in [0.1, 0.15) is 27.2 Å². The number of nitrogens with zero attached hydrogens (tertiary/aromatic N) is 2.